The van der Waals surface area contributed by atoms with Crippen LogP contribution in [0.3, 0.4) is 0 Å². The van der Waals surface area contributed by atoms with Crippen molar-refractivity contribution < 1.29 is 13.2 Å². The number of methoxy groups -OCH3 is 1. The number of hydrogen-bond donors (Lipinski definition) is 2. The Morgan fingerprint density at radius 3 is 2.78 bits per heavy atom. The number of sulfonamides is 1. The van der Waals surface area contributed by atoms with Gasteiger partial charge in [0, 0.05) is 26.7 Å². The van der Waals surface area contributed by atoms with E-state index >= 15 is 0 Å². The standard InChI is InChI=1S/C10H15N3O3S2/c1-16-7-6-12-4-5-13-18(14,15)10-3-2-9(8-11)17-10/h2-3,12-13H,4-7H2,1H3. The number of hydrogen-bond acceptors (Lipinski definition) is 6. The van der Waals surface area contributed by atoms with Crippen molar-refractivity contribution in [3.63, 3.8) is 0 Å². The molecule has 0 aliphatic heterocycles. The predicted molar refractivity (Wildman–Crippen MR) is 69.0 cm³/mol. The van der Waals surface area contributed by atoms with Gasteiger partial charge in [-0.1, -0.05) is 0 Å². The molecule has 1 rings (SSSR count). The van der Waals surface area contributed by atoms with Crippen LogP contribution < -0.4 is 10.0 Å². The Balaban J connectivity index is 2.39. The summed E-state index contributed by atoms with van der Waals surface area (Å²) in [6.45, 7) is 2.09. The lowest BCUT2D eigenvalue weighted by Gasteiger charge is -2.05. The Labute approximate surface area is 111 Å². The van der Waals surface area contributed by atoms with E-state index in [0.29, 0.717) is 31.1 Å². The maximum absolute atomic E-state index is 11.8. The summed E-state index contributed by atoms with van der Waals surface area (Å²) in [5.74, 6) is 0. The van der Waals surface area contributed by atoms with E-state index < -0.39 is 10.0 Å². The average molecular weight is 289 g/mol. The summed E-state index contributed by atoms with van der Waals surface area (Å²) >= 11 is 0.960. The van der Waals surface area contributed by atoms with Gasteiger partial charge >= 0.3 is 0 Å². The van der Waals surface area contributed by atoms with Gasteiger partial charge in [0.2, 0.25) is 10.0 Å². The largest absolute Gasteiger partial charge is 0.383 e. The first-order valence-electron chi connectivity index (χ1n) is 5.29. The van der Waals surface area contributed by atoms with Crippen LogP contribution in [-0.4, -0.2) is 41.8 Å². The summed E-state index contributed by atoms with van der Waals surface area (Å²) in [6, 6.07) is 4.84. The van der Waals surface area contributed by atoms with E-state index in [1.54, 1.807) is 7.11 Å². The molecule has 0 unspecified atom stereocenters. The summed E-state index contributed by atoms with van der Waals surface area (Å²) in [5.41, 5.74) is 0. The van der Waals surface area contributed by atoms with Crippen molar-refractivity contribution >= 4 is 21.4 Å². The molecule has 18 heavy (non-hydrogen) atoms. The minimum Gasteiger partial charge on any atom is -0.383 e. The normalized spacial score (nSPS) is 11.3. The molecule has 1 heterocycles. The molecule has 1 aromatic rings. The monoisotopic (exact) mass is 289 g/mol. The summed E-state index contributed by atoms with van der Waals surface area (Å²) in [5, 5.41) is 11.7. The predicted octanol–water partition coefficient (Wildman–Crippen LogP) is 0.134. The van der Waals surface area contributed by atoms with Gasteiger partial charge in [-0.2, -0.15) is 5.26 Å². The van der Waals surface area contributed by atoms with Crippen LogP contribution >= 0.6 is 11.3 Å². The average Bonchev–Trinajstić information content (AvgIpc) is 2.83. The van der Waals surface area contributed by atoms with Crippen molar-refractivity contribution in [2.45, 2.75) is 4.21 Å². The van der Waals surface area contributed by atoms with E-state index in [2.05, 4.69) is 10.0 Å². The third-order valence-corrected chi connectivity index (χ3v) is 4.98. The molecule has 2 N–H and O–H groups in total. The zero-order valence-electron chi connectivity index (χ0n) is 9.97. The molecule has 0 radical (unpaired) electrons. The molecule has 0 aliphatic rings. The molecule has 0 saturated carbocycles. The highest BCUT2D eigenvalue weighted by molar-refractivity contribution is 7.91. The van der Waals surface area contributed by atoms with Gasteiger partial charge in [0.1, 0.15) is 15.2 Å². The number of thiophene rings is 1. The second-order valence-electron chi connectivity index (χ2n) is 3.37. The van der Waals surface area contributed by atoms with Crippen LogP contribution in [0.4, 0.5) is 0 Å². The molecule has 0 atom stereocenters. The summed E-state index contributed by atoms with van der Waals surface area (Å²) in [4.78, 5) is 0.383. The topological polar surface area (TPSA) is 91.2 Å². The Hall–Kier alpha value is -0.980. The molecule has 0 aromatic carbocycles. The van der Waals surface area contributed by atoms with Gasteiger partial charge in [-0.15, -0.1) is 11.3 Å². The van der Waals surface area contributed by atoms with E-state index in [0.717, 1.165) is 11.3 Å². The van der Waals surface area contributed by atoms with E-state index in [1.165, 1.54) is 12.1 Å². The van der Waals surface area contributed by atoms with Crippen molar-refractivity contribution in [3.8, 4) is 6.07 Å². The number of nitrogens with one attached hydrogen (secondary N) is 2. The summed E-state index contributed by atoms with van der Waals surface area (Å²) < 4.78 is 31.0. The van der Waals surface area contributed by atoms with Crippen LogP contribution in [-0.2, 0) is 14.8 Å². The van der Waals surface area contributed by atoms with Gasteiger partial charge in [-0.05, 0) is 12.1 Å². The maximum Gasteiger partial charge on any atom is 0.250 e. The zero-order chi connectivity index (χ0) is 13.4. The van der Waals surface area contributed by atoms with Crippen LogP contribution in [0.1, 0.15) is 4.88 Å². The SMILES string of the molecule is COCCNCCNS(=O)(=O)c1ccc(C#N)s1. The third-order valence-electron chi connectivity index (χ3n) is 2.03. The molecule has 0 aliphatic carbocycles. The van der Waals surface area contributed by atoms with Gasteiger partial charge in [0.15, 0.2) is 0 Å². The fraction of sp³-hybridized carbons (Fsp3) is 0.500. The lowest BCUT2D eigenvalue weighted by Crippen LogP contribution is -2.32. The first-order valence-corrected chi connectivity index (χ1v) is 7.59. The molecule has 0 fully saturated rings. The van der Waals surface area contributed by atoms with Gasteiger partial charge in [-0.25, -0.2) is 13.1 Å². The molecule has 0 spiro atoms. The third kappa shape index (κ3) is 4.72. The molecule has 0 bridgehead atoms. The van der Waals surface area contributed by atoms with Crippen molar-refractivity contribution in [1.29, 1.82) is 5.26 Å². The number of rotatable bonds is 8. The summed E-state index contributed by atoms with van der Waals surface area (Å²) in [6.07, 6.45) is 0. The van der Waals surface area contributed by atoms with E-state index in [9.17, 15) is 8.42 Å². The Morgan fingerprint density at radius 2 is 2.17 bits per heavy atom. The van der Waals surface area contributed by atoms with E-state index in [1.807, 2.05) is 6.07 Å². The van der Waals surface area contributed by atoms with Crippen LogP contribution in [0, 0.1) is 11.3 Å². The van der Waals surface area contributed by atoms with Crippen molar-refractivity contribution in [3.05, 3.63) is 17.0 Å². The van der Waals surface area contributed by atoms with Gasteiger partial charge in [-0.3, -0.25) is 0 Å². The number of nitrogens with zero attached hydrogens (tertiary/aromatic N) is 1. The highest BCUT2D eigenvalue weighted by atomic mass is 32.2. The number of ether oxygens (including phenoxy) is 1. The minimum absolute atomic E-state index is 0.163. The molecule has 100 valence electrons. The lowest BCUT2D eigenvalue weighted by molar-refractivity contribution is 0.199. The van der Waals surface area contributed by atoms with Crippen LogP contribution in [0.15, 0.2) is 16.3 Å². The first kappa shape index (κ1) is 15.1. The fourth-order valence-electron chi connectivity index (χ4n) is 1.17. The lowest BCUT2D eigenvalue weighted by atomic mass is 10.5. The molecule has 6 nitrogen and oxygen atoms in total. The van der Waals surface area contributed by atoms with Crippen LogP contribution in [0.2, 0.25) is 0 Å². The Morgan fingerprint density at radius 1 is 1.39 bits per heavy atom. The molecule has 0 amide bonds. The fourth-order valence-corrected chi connectivity index (χ4v) is 3.35. The van der Waals surface area contributed by atoms with Crippen molar-refractivity contribution in [1.82, 2.24) is 10.0 Å². The Kier molecular flexibility index (Phi) is 6.24. The Bertz CT molecular complexity index is 505. The molecule has 8 heteroatoms. The van der Waals surface area contributed by atoms with Gasteiger partial charge < -0.3 is 10.1 Å². The molecule has 0 saturated heterocycles. The van der Waals surface area contributed by atoms with Crippen molar-refractivity contribution in [2.24, 2.45) is 0 Å². The number of nitriles is 1. The first-order chi connectivity index (χ1) is 8.60. The van der Waals surface area contributed by atoms with Crippen LogP contribution in [0.5, 0.6) is 0 Å². The highest BCUT2D eigenvalue weighted by Gasteiger charge is 2.15. The molecular weight excluding hydrogens is 274 g/mol. The van der Waals surface area contributed by atoms with Gasteiger partial charge in [0.25, 0.3) is 0 Å². The zero-order valence-corrected chi connectivity index (χ0v) is 11.6. The highest BCUT2D eigenvalue weighted by Crippen LogP contribution is 2.20. The second-order valence-corrected chi connectivity index (χ2v) is 6.45. The van der Waals surface area contributed by atoms with Gasteiger partial charge in [0.05, 0.1) is 6.61 Å². The van der Waals surface area contributed by atoms with Crippen molar-refractivity contribution in [2.75, 3.05) is 33.4 Å². The van der Waals surface area contributed by atoms with E-state index in [-0.39, 0.29) is 4.21 Å². The van der Waals surface area contributed by atoms with Crippen LogP contribution in [0.25, 0.3) is 0 Å². The smallest absolute Gasteiger partial charge is 0.250 e. The maximum atomic E-state index is 11.8. The second kappa shape index (κ2) is 7.45. The summed E-state index contributed by atoms with van der Waals surface area (Å²) in [7, 11) is -1.89. The van der Waals surface area contributed by atoms with E-state index in [4.69, 9.17) is 10.00 Å². The minimum atomic E-state index is -3.50. The quantitative estimate of drug-likeness (QED) is 0.664. The molecular formula is C10H15N3O3S2. The molecule has 1 aromatic heterocycles.